The highest BCUT2D eigenvalue weighted by Gasteiger charge is 2.33. The number of imidazole rings is 1. The molecule has 7 heteroatoms. The molecule has 1 N–H and O–H groups in total. The Balaban J connectivity index is 1.67. The van der Waals surface area contributed by atoms with Crippen LogP contribution in [0.25, 0.3) is 11.0 Å². The number of hydrogen-bond acceptors (Lipinski definition) is 4. The van der Waals surface area contributed by atoms with Crippen molar-refractivity contribution >= 4 is 26.8 Å². The Labute approximate surface area is 151 Å². The molecule has 1 atom stereocenters. The largest absolute Gasteiger partial charge is 0.340 e. The molecule has 2 heterocycles. The van der Waals surface area contributed by atoms with Crippen LogP contribution >= 0.6 is 0 Å². The SMILES string of the molecule is CS(=O)(=O)c1cccc(C(=O)N2CCCC2c2nc3ccccc3[nH]2)c1. The van der Waals surface area contributed by atoms with Crippen LogP contribution in [0.2, 0.25) is 0 Å². The Bertz CT molecular complexity index is 1060. The molecule has 1 aliphatic heterocycles. The summed E-state index contributed by atoms with van der Waals surface area (Å²) in [5.41, 5.74) is 2.21. The number of nitrogens with zero attached hydrogens (tertiary/aromatic N) is 2. The first-order valence-corrected chi connectivity index (χ1v) is 10.4. The van der Waals surface area contributed by atoms with Gasteiger partial charge in [-0.15, -0.1) is 0 Å². The summed E-state index contributed by atoms with van der Waals surface area (Å²) in [6, 6.07) is 13.9. The number of likely N-dealkylation sites (tertiary alicyclic amines) is 1. The predicted molar refractivity (Wildman–Crippen MR) is 98.7 cm³/mol. The zero-order valence-electron chi connectivity index (χ0n) is 14.3. The molecule has 6 nitrogen and oxygen atoms in total. The van der Waals surface area contributed by atoms with Crippen LogP contribution in [0.1, 0.15) is 35.1 Å². The van der Waals surface area contributed by atoms with E-state index in [4.69, 9.17) is 0 Å². The van der Waals surface area contributed by atoms with Gasteiger partial charge < -0.3 is 9.88 Å². The molecule has 1 fully saturated rings. The lowest BCUT2D eigenvalue weighted by Gasteiger charge is -2.23. The van der Waals surface area contributed by atoms with Crippen molar-refractivity contribution in [2.24, 2.45) is 0 Å². The van der Waals surface area contributed by atoms with Crippen molar-refractivity contribution in [2.45, 2.75) is 23.8 Å². The van der Waals surface area contributed by atoms with Gasteiger partial charge in [0.1, 0.15) is 5.82 Å². The van der Waals surface area contributed by atoms with Crippen LogP contribution in [0.5, 0.6) is 0 Å². The molecule has 4 rings (SSSR count). The van der Waals surface area contributed by atoms with E-state index in [1.807, 2.05) is 24.3 Å². The molecule has 26 heavy (non-hydrogen) atoms. The molecule has 0 bridgehead atoms. The van der Waals surface area contributed by atoms with E-state index >= 15 is 0 Å². The average Bonchev–Trinajstić information content (AvgIpc) is 3.26. The number of para-hydroxylation sites is 2. The molecule has 0 saturated carbocycles. The van der Waals surface area contributed by atoms with Gasteiger partial charge in [-0.05, 0) is 43.2 Å². The van der Waals surface area contributed by atoms with Crippen LogP contribution in [0.3, 0.4) is 0 Å². The fourth-order valence-corrected chi connectivity index (χ4v) is 4.12. The average molecular weight is 369 g/mol. The summed E-state index contributed by atoms with van der Waals surface area (Å²) in [7, 11) is -3.35. The van der Waals surface area contributed by atoms with Gasteiger partial charge in [0.25, 0.3) is 5.91 Å². The lowest BCUT2D eigenvalue weighted by molar-refractivity contribution is 0.0730. The molecular formula is C19H19N3O3S. The van der Waals surface area contributed by atoms with Crippen molar-refractivity contribution in [3.8, 4) is 0 Å². The van der Waals surface area contributed by atoms with Crippen molar-refractivity contribution in [1.82, 2.24) is 14.9 Å². The zero-order chi connectivity index (χ0) is 18.3. The standard InChI is InChI=1S/C19H19N3O3S/c1-26(24,25)14-7-4-6-13(12-14)19(23)22-11-5-10-17(22)18-20-15-8-2-3-9-16(15)21-18/h2-4,6-9,12,17H,5,10-11H2,1H3,(H,20,21). The molecule has 1 unspecified atom stereocenters. The van der Waals surface area contributed by atoms with Gasteiger partial charge in [-0.25, -0.2) is 13.4 Å². The monoisotopic (exact) mass is 369 g/mol. The minimum atomic E-state index is -3.35. The lowest BCUT2D eigenvalue weighted by atomic mass is 10.1. The quantitative estimate of drug-likeness (QED) is 0.769. The third kappa shape index (κ3) is 2.99. The summed E-state index contributed by atoms with van der Waals surface area (Å²) in [4.78, 5) is 22.9. The second kappa shape index (κ2) is 6.25. The molecule has 0 spiro atoms. The summed E-state index contributed by atoms with van der Waals surface area (Å²) < 4.78 is 23.5. The maximum atomic E-state index is 13.0. The summed E-state index contributed by atoms with van der Waals surface area (Å²) in [5, 5.41) is 0. The number of aromatic nitrogens is 2. The lowest BCUT2D eigenvalue weighted by Crippen LogP contribution is -2.31. The molecule has 1 aliphatic rings. The third-order valence-electron chi connectivity index (χ3n) is 4.75. The number of carbonyl (C=O) groups excluding carboxylic acids is 1. The minimum Gasteiger partial charge on any atom is -0.340 e. The number of amides is 1. The van der Waals surface area contributed by atoms with Gasteiger partial charge in [0, 0.05) is 18.4 Å². The van der Waals surface area contributed by atoms with Crippen LogP contribution in [0.15, 0.2) is 53.4 Å². The Morgan fingerprint density at radius 2 is 2.00 bits per heavy atom. The Hall–Kier alpha value is -2.67. The van der Waals surface area contributed by atoms with E-state index in [2.05, 4.69) is 9.97 Å². The highest BCUT2D eigenvalue weighted by Crippen LogP contribution is 2.32. The molecule has 134 valence electrons. The van der Waals surface area contributed by atoms with E-state index in [-0.39, 0.29) is 16.8 Å². The summed E-state index contributed by atoms with van der Waals surface area (Å²) in [6.07, 6.45) is 2.86. The topological polar surface area (TPSA) is 83.1 Å². The molecule has 3 aromatic rings. The van der Waals surface area contributed by atoms with Gasteiger partial charge in [0.05, 0.1) is 22.0 Å². The number of rotatable bonds is 3. The van der Waals surface area contributed by atoms with E-state index < -0.39 is 9.84 Å². The van der Waals surface area contributed by atoms with Gasteiger partial charge in [0.2, 0.25) is 0 Å². The normalized spacial score (nSPS) is 17.7. The van der Waals surface area contributed by atoms with Gasteiger partial charge >= 0.3 is 0 Å². The molecule has 2 aromatic carbocycles. The zero-order valence-corrected chi connectivity index (χ0v) is 15.2. The van der Waals surface area contributed by atoms with Crippen molar-refractivity contribution in [3.63, 3.8) is 0 Å². The number of aromatic amines is 1. The first-order valence-electron chi connectivity index (χ1n) is 8.49. The van der Waals surface area contributed by atoms with Crippen LogP contribution in [0, 0.1) is 0 Å². The van der Waals surface area contributed by atoms with E-state index in [1.165, 1.54) is 12.1 Å². The van der Waals surface area contributed by atoms with Crippen LogP contribution in [0.4, 0.5) is 0 Å². The number of benzene rings is 2. The number of hydrogen-bond donors (Lipinski definition) is 1. The number of carbonyl (C=O) groups is 1. The third-order valence-corrected chi connectivity index (χ3v) is 5.86. The summed E-state index contributed by atoms with van der Waals surface area (Å²) in [6.45, 7) is 0.629. The smallest absolute Gasteiger partial charge is 0.254 e. The molecule has 0 radical (unpaired) electrons. The van der Waals surface area contributed by atoms with E-state index in [9.17, 15) is 13.2 Å². The highest BCUT2D eigenvalue weighted by atomic mass is 32.2. The number of nitrogens with one attached hydrogen (secondary N) is 1. The number of H-pyrrole nitrogens is 1. The van der Waals surface area contributed by atoms with Crippen molar-refractivity contribution in [1.29, 1.82) is 0 Å². The summed E-state index contributed by atoms with van der Waals surface area (Å²) in [5.74, 6) is 0.606. The van der Waals surface area contributed by atoms with Crippen LogP contribution < -0.4 is 0 Å². The number of sulfone groups is 1. The van der Waals surface area contributed by atoms with Crippen molar-refractivity contribution < 1.29 is 13.2 Å². The second-order valence-electron chi connectivity index (χ2n) is 6.60. The van der Waals surface area contributed by atoms with Crippen LogP contribution in [-0.4, -0.2) is 42.0 Å². The molecule has 1 amide bonds. The maximum absolute atomic E-state index is 13.0. The molecular weight excluding hydrogens is 350 g/mol. The van der Waals surface area contributed by atoms with Crippen molar-refractivity contribution in [2.75, 3.05) is 12.8 Å². The molecule has 1 saturated heterocycles. The summed E-state index contributed by atoms with van der Waals surface area (Å²) >= 11 is 0. The van der Waals surface area contributed by atoms with E-state index in [0.29, 0.717) is 12.1 Å². The first kappa shape index (κ1) is 16.8. The van der Waals surface area contributed by atoms with Gasteiger partial charge in [0.15, 0.2) is 9.84 Å². The van der Waals surface area contributed by atoms with Gasteiger partial charge in [-0.1, -0.05) is 18.2 Å². The van der Waals surface area contributed by atoms with Crippen LogP contribution in [-0.2, 0) is 9.84 Å². The Morgan fingerprint density at radius 1 is 1.19 bits per heavy atom. The fraction of sp³-hybridized carbons (Fsp3) is 0.263. The van der Waals surface area contributed by atoms with E-state index in [1.54, 1.807) is 17.0 Å². The van der Waals surface area contributed by atoms with Gasteiger partial charge in [-0.2, -0.15) is 0 Å². The fourth-order valence-electron chi connectivity index (χ4n) is 3.45. The maximum Gasteiger partial charge on any atom is 0.254 e. The van der Waals surface area contributed by atoms with E-state index in [0.717, 1.165) is 36.0 Å². The Morgan fingerprint density at radius 3 is 2.77 bits per heavy atom. The minimum absolute atomic E-state index is 0.128. The number of fused-ring (bicyclic) bond motifs is 1. The molecule has 1 aromatic heterocycles. The first-order chi connectivity index (χ1) is 12.4. The van der Waals surface area contributed by atoms with Crippen molar-refractivity contribution in [3.05, 3.63) is 59.9 Å². The predicted octanol–water partition coefficient (Wildman–Crippen LogP) is 2.94. The van der Waals surface area contributed by atoms with Gasteiger partial charge in [-0.3, -0.25) is 4.79 Å². The highest BCUT2D eigenvalue weighted by molar-refractivity contribution is 7.90. The second-order valence-corrected chi connectivity index (χ2v) is 8.61. The molecule has 0 aliphatic carbocycles. The Kier molecular flexibility index (Phi) is 4.03.